The highest BCUT2D eigenvalue weighted by Crippen LogP contribution is 2.27. The molecule has 2 aromatic carbocycles. The van der Waals surface area contributed by atoms with E-state index < -0.39 is 0 Å². The number of aryl methyl sites for hydroxylation is 1. The molecule has 0 aliphatic carbocycles. The molecular weight excluding hydrogens is 318 g/mol. The van der Waals surface area contributed by atoms with E-state index in [1.54, 1.807) is 14.2 Å². The molecule has 0 aromatic heterocycles. The molecule has 1 amide bonds. The van der Waals surface area contributed by atoms with Crippen LogP contribution < -0.4 is 19.5 Å². The minimum absolute atomic E-state index is 0.0173. The Morgan fingerprint density at radius 1 is 0.960 bits per heavy atom. The van der Waals surface area contributed by atoms with E-state index in [4.69, 9.17) is 14.2 Å². The van der Waals surface area contributed by atoms with Crippen molar-refractivity contribution >= 4 is 5.91 Å². The van der Waals surface area contributed by atoms with Gasteiger partial charge in [-0.15, -0.1) is 0 Å². The first-order valence-electron chi connectivity index (χ1n) is 8.35. The van der Waals surface area contributed by atoms with Gasteiger partial charge >= 0.3 is 0 Å². The minimum Gasteiger partial charge on any atom is -0.494 e. The molecule has 0 saturated heterocycles. The zero-order valence-corrected chi connectivity index (χ0v) is 15.0. The van der Waals surface area contributed by atoms with Gasteiger partial charge in [-0.05, 0) is 48.7 Å². The molecule has 5 nitrogen and oxygen atoms in total. The highest BCUT2D eigenvalue weighted by molar-refractivity contribution is 5.76. The molecule has 0 bridgehead atoms. The van der Waals surface area contributed by atoms with Crippen molar-refractivity contribution in [3.05, 3.63) is 53.6 Å². The van der Waals surface area contributed by atoms with Crippen LogP contribution >= 0.6 is 0 Å². The number of nitrogens with one attached hydrogen (secondary N) is 1. The van der Waals surface area contributed by atoms with Gasteiger partial charge < -0.3 is 19.5 Å². The third-order valence-corrected chi connectivity index (χ3v) is 3.81. The van der Waals surface area contributed by atoms with Crippen molar-refractivity contribution in [3.8, 4) is 17.2 Å². The summed E-state index contributed by atoms with van der Waals surface area (Å²) < 4.78 is 15.9. The Morgan fingerprint density at radius 2 is 1.64 bits per heavy atom. The second kappa shape index (κ2) is 9.57. The molecule has 0 unspecified atom stereocenters. The number of hydrogen-bond donors (Lipinski definition) is 1. The normalized spacial score (nSPS) is 10.2. The Kier molecular flexibility index (Phi) is 7.14. The van der Waals surface area contributed by atoms with E-state index in [-0.39, 0.29) is 5.91 Å². The largest absolute Gasteiger partial charge is 0.494 e. The van der Waals surface area contributed by atoms with Crippen molar-refractivity contribution in [2.24, 2.45) is 0 Å². The van der Waals surface area contributed by atoms with E-state index in [0.717, 1.165) is 16.9 Å². The summed E-state index contributed by atoms with van der Waals surface area (Å²) >= 11 is 0. The maximum absolute atomic E-state index is 12.0. The van der Waals surface area contributed by atoms with Gasteiger partial charge in [0.2, 0.25) is 5.91 Å². The zero-order chi connectivity index (χ0) is 18.1. The van der Waals surface area contributed by atoms with Gasteiger partial charge in [0, 0.05) is 13.0 Å². The van der Waals surface area contributed by atoms with Gasteiger partial charge in [-0.25, -0.2) is 0 Å². The monoisotopic (exact) mass is 343 g/mol. The Balaban J connectivity index is 1.80. The lowest BCUT2D eigenvalue weighted by atomic mass is 10.1. The predicted octanol–water partition coefficient (Wildman–Crippen LogP) is 3.35. The van der Waals surface area contributed by atoms with Crippen LogP contribution in [-0.2, 0) is 17.8 Å². The summed E-state index contributed by atoms with van der Waals surface area (Å²) in [6, 6.07) is 13.4. The summed E-state index contributed by atoms with van der Waals surface area (Å²) in [6.45, 7) is 3.11. The zero-order valence-electron chi connectivity index (χ0n) is 15.0. The second-order valence-electron chi connectivity index (χ2n) is 5.54. The number of methoxy groups -OCH3 is 2. The molecule has 0 saturated carbocycles. The fourth-order valence-electron chi connectivity index (χ4n) is 2.45. The quantitative estimate of drug-likeness (QED) is 0.759. The van der Waals surface area contributed by atoms with E-state index in [1.807, 2.05) is 49.4 Å². The average Bonchev–Trinajstić information content (AvgIpc) is 2.65. The Morgan fingerprint density at radius 3 is 2.28 bits per heavy atom. The van der Waals surface area contributed by atoms with Crippen LogP contribution in [0.5, 0.6) is 17.2 Å². The SMILES string of the molecule is CCOc1ccc(CNC(=O)CCc2ccc(OC)c(OC)c2)cc1. The lowest BCUT2D eigenvalue weighted by molar-refractivity contribution is -0.121. The van der Waals surface area contributed by atoms with Crippen LogP contribution in [0, 0.1) is 0 Å². The van der Waals surface area contributed by atoms with E-state index in [9.17, 15) is 4.79 Å². The first-order valence-corrected chi connectivity index (χ1v) is 8.35. The van der Waals surface area contributed by atoms with Crippen LogP contribution in [0.2, 0.25) is 0 Å². The Bertz CT molecular complexity index is 683. The van der Waals surface area contributed by atoms with Gasteiger partial charge in [-0.1, -0.05) is 18.2 Å². The van der Waals surface area contributed by atoms with Crippen LogP contribution in [0.4, 0.5) is 0 Å². The third kappa shape index (κ3) is 5.71. The number of amides is 1. The lowest BCUT2D eigenvalue weighted by Crippen LogP contribution is -2.22. The van der Waals surface area contributed by atoms with Gasteiger partial charge in [0.1, 0.15) is 5.75 Å². The maximum atomic E-state index is 12.0. The van der Waals surface area contributed by atoms with E-state index in [1.165, 1.54) is 0 Å². The van der Waals surface area contributed by atoms with Gasteiger partial charge in [0.25, 0.3) is 0 Å². The van der Waals surface area contributed by atoms with Crippen molar-refractivity contribution in [1.82, 2.24) is 5.32 Å². The number of ether oxygens (including phenoxy) is 3. The van der Waals surface area contributed by atoms with Crippen molar-refractivity contribution in [1.29, 1.82) is 0 Å². The Labute approximate surface area is 148 Å². The topological polar surface area (TPSA) is 56.8 Å². The highest BCUT2D eigenvalue weighted by atomic mass is 16.5. The molecule has 134 valence electrons. The summed E-state index contributed by atoms with van der Waals surface area (Å²) in [7, 11) is 3.21. The highest BCUT2D eigenvalue weighted by Gasteiger charge is 2.07. The molecule has 1 N–H and O–H groups in total. The summed E-state index contributed by atoms with van der Waals surface area (Å²) in [4.78, 5) is 12.0. The number of rotatable bonds is 9. The fraction of sp³-hybridized carbons (Fsp3) is 0.350. The predicted molar refractivity (Wildman–Crippen MR) is 97.3 cm³/mol. The van der Waals surface area contributed by atoms with Crippen LogP contribution in [-0.4, -0.2) is 26.7 Å². The first-order chi connectivity index (χ1) is 12.2. The molecule has 0 fully saturated rings. The van der Waals surface area contributed by atoms with E-state index in [0.29, 0.717) is 37.5 Å². The van der Waals surface area contributed by atoms with Crippen LogP contribution in [0.3, 0.4) is 0 Å². The van der Waals surface area contributed by atoms with E-state index >= 15 is 0 Å². The Hall–Kier alpha value is -2.69. The van der Waals surface area contributed by atoms with Gasteiger partial charge in [0.05, 0.1) is 20.8 Å². The molecule has 5 heteroatoms. The first kappa shape index (κ1) is 18.6. The van der Waals surface area contributed by atoms with Gasteiger partial charge in [-0.2, -0.15) is 0 Å². The molecule has 2 aromatic rings. The molecule has 0 atom stereocenters. The molecule has 0 spiro atoms. The van der Waals surface area contributed by atoms with Crippen LogP contribution in [0.25, 0.3) is 0 Å². The molecule has 2 rings (SSSR count). The minimum atomic E-state index is 0.0173. The fourth-order valence-corrected chi connectivity index (χ4v) is 2.45. The number of hydrogen-bond acceptors (Lipinski definition) is 4. The van der Waals surface area contributed by atoms with Crippen LogP contribution in [0.15, 0.2) is 42.5 Å². The molecule has 0 radical (unpaired) electrons. The molecular formula is C20H25NO4. The molecule has 0 aliphatic rings. The third-order valence-electron chi connectivity index (χ3n) is 3.81. The van der Waals surface area contributed by atoms with Crippen LogP contribution in [0.1, 0.15) is 24.5 Å². The van der Waals surface area contributed by atoms with Gasteiger partial charge in [0.15, 0.2) is 11.5 Å². The smallest absolute Gasteiger partial charge is 0.220 e. The summed E-state index contributed by atoms with van der Waals surface area (Å²) in [5.74, 6) is 2.22. The number of carbonyl (C=O) groups is 1. The standard InChI is InChI=1S/C20H25NO4/c1-4-25-17-9-5-16(6-10-17)14-21-20(22)12-8-15-7-11-18(23-2)19(13-15)24-3/h5-7,9-11,13H,4,8,12,14H2,1-3H3,(H,21,22). The summed E-state index contributed by atoms with van der Waals surface area (Å²) in [5.41, 5.74) is 2.08. The number of carbonyl (C=O) groups excluding carboxylic acids is 1. The molecule has 25 heavy (non-hydrogen) atoms. The lowest BCUT2D eigenvalue weighted by Gasteiger charge is -2.10. The van der Waals surface area contributed by atoms with Crippen molar-refractivity contribution in [2.75, 3.05) is 20.8 Å². The van der Waals surface area contributed by atoms with Crippen molar-refractivity contribution in [2.45, 2.75) is 26.3 Å². The van der Waals surface area contributed by atoms with Crippen molar-refractivity contribution < 1.29 is 19.0 Å². The summed E-state index contributed by atoms with van der Waals surface area (Å²) in [6.07, 6.45) is 1.07. The molecule has 0 heterocycles. The maximum Gasteiger partial charge on any atom is 0.220 e. The number of benzene rings is 2. The summed E-state index contributed by atoms with van der Waals surface area (Å²) in [5, 5.41) is 2.94. The second-order valence-corrected chi connectivity index (χ2v) is 5.54. The average molecular weight is 343 g/mol. The van der Waals surface area contributed by atoms with Gasteiger partial charge in [-0.3, -0.25) is 4.79 Å². The van der Waals surface area contributed by atoms with E-state index in [2.05, 4.69) is 5.32 Å². The molecule has 0 aliphatic heterocycles. The van der Waals surface area contributed by atoms with Crippen molar-refractivity contribution in [3.63, 3.8) is 0 Å².